The molecule has 0 aromatic carbocycles. The summed E-state index contributed by atoms with van der Waals surface area (Å²) in [6.07, 6.45) is 4.61. The van der Waals surface area contributed by atoms with Crippen LogP contribution in [0.1, 0.15) is 39.5 Å². The van der Waals surface area contributed by atoms with Gasteiger partial charge >= 0.3 is 0 Å². The van der Waals surface area contributed by atoms with Crippen LogP contribution in [0.25, 0.3) is 0 Å². The molecule has 0 aromatic heterocycles. The summed E-state index contributed by atoms with van der Waals surface area (Å²) in [7, 11) is 0. The minimum absolute atomic E-state index is 1.00. The molecule has 0 radical (unpaired) electrons. The lowest BCUT2D eigenvalue weighted by Gasteiger charge is -1.81. The van der Waals surface area contributed by atoms with Gasteiger partial charge < -0.3 is 0 Å². The maximum absolute atomic E-state index is 3.09. The van der Waals surface area contributed by atoms with E-state index < -0.39 is 0 Å². The van der Waals surface area contributed by atoms with Gasteiger partial charge in [-0.3, -0.25) is 0 Å². The van der Waals surface area contributed by atoms with E-state index in [0.29, 0.717) is 0 Å². The Balaban J connectivity index is 2.90. The molecule has 0 unspecified atom stereocenters. The van der Waals surface area contributed by atoms with E-state index in [1.54, 1.807) is 0 Å². The SMILES string of the molecule is CCC#CCCCC. The lowest BCUT2D eigenvalue weighted by molar-refractivity contribution is 0.827. The third-order valence-corrected chi connectivity index (χ3v) is 0.957. The van der Waals surface area contributed by atoms with Crippen LogP contribution in [0.15, 0.2) is 0 Å². The number of unbranched alkanes of at least 4 members (excludes halogenated alkanes) is 2. The normalized spacial score (nSPS) is 7.75. The molecule has 0 heterocycles. The van der Waals surface area contributed by atoms with Gasteiger partial charge in [-0.05, 0) is 6.42 Å². The molecular formula is C8H14. The van der Waals surface area contributed by atoms with Crippen molar-refractivity contribution in [3.8, 4) is 11.8 Å². The van der Waals surface area contributed by atoms with Gasteiger partial charge in [0.15, 0.2) is 0 Å². The van der Waals surface area contributed by atoms with Gasteiger partial charge in [0.2, 0.25) is 0 Å². The first-order valence-electron chi connectivity index (χ1n) is 3.37. The van der Waals surface area contributed by atoms with Gasteiger partial charge in [-0.15, -0.1) is 11.8 Å². The second kappa shape index (κ2) is 6.56. The van der Waals surface area contributed by atoms with Gasteiger partial charge in [0, 0.05) is 12.8 Å². The topological polar surface area (TPSA) is 0 Å². The number of hydrogen-bond donors (Lipinski definition) is 0. The Hall–Kier alpha value is -0.440. The third kappa shape index (κ3) is 5.56. The minimum atomic E-state index is 1.00. The Labute approximate surface area is 52.3 Å². The fourth-order valence-electron chi connectivity index (χ4n) is 0.479. The van der Waals surface area contributed by atoms with Crippen molar-refractivity contribution in [2.45, 2.75) is 39.5 Å². The summed E-state index contributed by atoms with van der Waals surface area (Å²) >= 11 is 0. The Bertz CT molecular complexity index is 81.9. The molecule has 0 aromatic rings. The van der Waals surface area contributed by atoms with Crippen LogP contribution >= 0.6 is 0 Å². The van der Waals surface area contributed by atoms with Crippen molar-refractivity contribution in [1.82, 2.24) is 0 Å². The highest BCUT2D eigenvalue weighted by Gasteiger charge is 1.73. The fraction of sp³-hybridized carbons (Fsp3) is 0.750. The standard InChI is InChI=1S/C8H14/c1-3-5-7-8-6-4-2/h3-5,7H2,1-2H3. The van der Waals surface area contributed by atoms with Crippen LogP contribution in [0.5, 0.6) is 0 Å². The zero-order chi connectivity index (χ0) is 6.24. The fourth-order valence-corrected chi connectivity index (χ4v) is 0.479. The highest BCUT2D eigenvalue weighted by molar-refractivity contribution is 4.97. The molecule has 0 saturated heterocycles. The zero-order valence-corrected chi connectivity index (χ0v) is 5.83. The largest absolute Gasteiger partial charge is 0.104 e. The lowest BCUT2D eigenvalue weighted by Crippen LogP contribution is -1.65. The van der Waals surface area contributed by atoms with Gasteiger partial charge in [0.05, 0.1) is 0 Å². The predicted molar refractivity (Wildman–Crippen MR) is 37.6 cm³/mol. The molecule has 0 fully saturated rings. The van der Waals surface area contributed by atoms with E-state index in [-0.39, 0.29) is 0 Å². The summed E-state index contributed by atoms with van der Waals surface area (Å²) < 4.78 is 0. The Morgan fingerprint density at radius 3 is 2.38 bits per heavy atom. The Kier molecular flexibility index (Phi) is 6.20. The average Bonchev–Trinajstić information content (AvgIpc) is 1.81. The molecule has 0 nitrogen and oxygen atoms in total. The lowest BCUT2D eigenvalue weighted by atomic mass is 10.2. The van der Waals surface area contributed by atoms with Crippen LogP contribution in [0.3, 0.4) is 0 Å². The van der Waals surface area contributed by atoms with Crippen molar-refractivity contribution < 1.29 is 0 Å². The summed E-state index contributed by atoms with van der Waals surface area (Å²) in [6, 6.07) is 0. The van der Waals surface area contributed by atoms with Crippen LogP contribution in [0, 0.1) is 11.8 Å². The van der Waals surface area contributed by atoms with Gasteiger partial charge in [0.25, 0.3) is 0 Å². The average molecular weight is 110 g/mol. The van der Waals surface area contributed by atoms with Crippen LogP contribution < -0.4 is 0 Å². The number of rotatable bonds is 2. The van der Waals surface area contributed by atoms with Crippen molar-refractivity contribution in [2.24, 2.45) is 0 Å². The second-order valence-corrected chi connectivity index (χ2v) is 1.81. The van der Waals surface area contributed by atoms with Crippen LogP contribution in [-0.2, 0) is 0 Å². The Morgan fingerprint density at radius 1 is 1.12 bits per heavy atom. The first-order chi connectivity index (χ1) is 3.91. The van der Waals surface area contributed by atoms with Gasteiger partial charge in [0.1, 0.15) is 0 Å². The number of hydrogen-bond acceptors (Lipinski definition) is 0. The van der Waals surface area contributed by atoms with Crippen LogP contribution in [0.4, 0.5) is 0 Å². The highest BCUT2D eigenvalue weighted by atomic mass is 13.8. The maximum Gasteiger partial charge on any atom is 0.00885 e. The van der Waals surface area contributed by atoms with Crippen molar-refractivity contribution in [2.75, 3.05) is 0 Å². The van der Waals surface area contributed by atoms with Crippen molar-refractivity contribution in [3.63, 3.8) is 0 Å². The summed E-state index contributed by atoms with van der Waals surface area (Å²) in [5, 5.41) is 0. The first kappa shape index (κ1) is 7.56. The molecule has 0 amide bonds. The van der Waals surface area contributed by atoms with Gasteiger partial charge in [-0.1, -0.05) is 20.3 Å². The molecule has 0 aliphatic rings. The second-order valence-electron chi connectivity index (χ2n) is 1.81. The minimum Gasteiger partial charge on any atom is -0.104 e. The molecule has 0 aliphatic carbocycles. The van der Waals surface area contributed by atoms with Crippen molar-refractivity contribution in [3.05, 3.63) is 0 Å². The van der Waals surface area contributed by atoms with Crippen LogP contribution in [-0.4, -0.2) is 0 Å². The summed E-state index contributed by atoms with van der Waals surface area (Å²) in [5.41, 5.74) is 0. The van der Waals surface area contributed by atoms with Crippen molar-refractivity contribution in [1.29, 1.82) is 0 Å². The van der Waals surface area contributed by atoms with Gasteiger partial charge in [-0.2, -0.15) is 0 Å². The van der Waals surface area contributed by atoms with Gasteiger partial charge in [-0.25, -0.2) is 0 Å². The van der Waals surface area contributed by atoms with Crippen molar-refractivity contribution >= 4 is 0 Å². The molecule has 0 rings (SSSR count). The molecule has 0 saturated carbocycles. The van der Waals surface area contributed by atoms with E-state index in [1.165, 1.54) is 12.8 Å². The third-order valence-electron chi connectivity index (χ3n) is 0.957. The molecule has 0 heteroatoms. The van der Waals surface area contributed by atoms with E-state index in [2.05, 4.69) is 25.7 Å². The molecule has 0 aliphatic heterocycles. The molecule has 0 spiro atoms. The Morgan fingerprint density at radius 2 is 1.88 bits per heavy atom. The highest BCUT2D eigenvalue weighted by Crippen LogP contribution is 1.90. The van der Waals surface area contributed by atoms with E-state index in [4.69, 9.17) is 0 Å². The molecular weight excluding hydrogens is 96.1 g/mol. The maximum atomic E-state index is 3.09. The predicted octanol–water partition coefficient (Wildman–Crippen LogP) is 2.59. The van der Waals surface area contributed by atoms with E-state index in [9.17, 15) is 0 Å². The quantitative estimate of drug-likeness (QED) is 0.378. The molecule has 8 heavy (non-hydrogen) atoms. The van der Waals surface area contributed by atoms with E-state index >= 15 is 0 Å². The zero-order valence-electron chi connectivity index (χ0n) is 5.83. The van der Waals surface area contributed by atoms with E-state index in [0.717, 1.165) is 12.8 Å². The molecule has 0 atom stereocenters. The molecule has 0 bridgehead atoms. The monoisotopic (exact) mass is 110 g/mol. The summed E-state index contributed by atoms with van der Waals surface area (Å²) in [4.78, 5) is 0. The molecule has 46 valence electrons. The summed E-state index contributed by atoms with van der Waals surface area (Å²) in [6.45, 7) is 4.27. The van der Waals surface area contributed by atoms with E-state index in [1.807, 2.05) is 0 Å². The smallest absolute Gasteiger partial charge is 0.00885 e. The molecule has 0 N–H and O–H groups in total. The first-order valence-corrected chi connectivity index (χ1v) is 3.37. The van der Waals surface area contributed by atoms with Crippen LogP contribution in [0.2, 0.25) is 0 Å². The summed E-state index contributed by atoms with van der Waals surface area (Å²) in [5.74, 6) is 6.12.